The zero-order chi connectivity index (χ0) is 14.0. The smallest absolute Gasteiger partial charge is 0.252 e. The maximum atomic E-state index is 13.5. The van der Waals surface area contributed by atoms with E-state index in [0.717, 1.165) is 17.0 Å². The molecule has 1 N–H and O–H groups in total. The molecule has 1 unspecified atom stereocenters. The predicted molar refractivity (Wildman–Crippen MR) is 65.4 cm³/mol. The van der Waals surface area contributed by atoms with Gasteiger partial charge in [-0.1, -0.05) is 13.0 Å². The Labute approximate surface area is 109 Å². The Morgan fingerprint density at radius 3 is 2.53 bits per heavy atom. The van der Waals surface area contributed by atoms with Crippen LogP contribution in [0.2, 0.25) is 0 Å². The summed E-state index contributed by atoms with van der Waals surface area (Å²) in [5.41, 5.74) is -0.369. The minimum absolute atomic E-state index is 0.0768. The summed E-state index contributed by atoms with van der Waals surface area (Å²) in [4.78, 5) is 24.7. The molecule has 2 rings (SSSR count). The van der Waals surface area contributed by atoms with Crippen LogP contribution in [-0.2, 0) is 9.59 Å². The Morgan fingerprint density at radius 2 is 1.95 bits per heavy atom. The van der Waals surface area contributed by atoms with Gasteiger partial charge in [0, 0.05) is 6.54 Å². The normalized spacial score (nSPS) is 19.1. The molecule has 0 radical (unpaired) electrons. The van der Waals surface area contributed by atoms with E-state index in [0.29, 0.717) is 13.0 Å². The van der Waals surface area contributed by atoms with Gasteiger partial charge in [-0.3, -0.25) is 14.5 Å². The van der Waals surface area contributed by atoms with Crippen molar-refractivity contribution in [3.63, 3.8) is 0 Å². The lowest BCUT2D eigenvalue weighted by Crippen LogP contribution is -2.35. The summed E-state index contributed by atoms with van der Waals surface area (Å²) in [5, 5.41) is 2.48. The second kappa shape index (κ2) is 5.34. The number of anilines is 1. The van der Waals surface area contributed by atoms with Crippen LogP contribution >= 0.6 is 0 Å². The number of hydrogen-bond acceptors (Lipinski definition) is 3. The molecule has 0 bridgehead atoms. The third-order valence-corrected chi connectivity index (χ3v) is 2.97. The van der Waals surface area contributed by atoms with Crippen molar-refractivity contribution in [3.8, 4) is 0 Å². The molecule has 4 nitrogen and oxygen atoms in total. The molecule has 1 aliphatic rings. The second-order valence-corrected chi connectivity index (χ2v) is 4.38. The zero-order valence-electron chi connectivity index (χ0n) is 10.5. The molecule has 102 valence electrons. The number of carbonyl (C=O) groups is 2. The van der Waals surface area contributed by atoms with Gasteiger partial charge in [0.2, 0.25) is 5.91 Å². The molecule has 0 saturated carbocycles. The first kappa shape index (κ1) is 13.5. The standard InChI is InChI=1S/C13H14F2N2O2/c1-2-6-17-11(18)7-10(13(17)19)16-12-8(14)4-3-5-9(12)15/h3-5,10,16H,2,6-7H2,1H3. The molecule has 1 aromatic rings. The quantitative estimate of drug-likeness (QED) is 0.849. The topological polar surface area (TPSA) is 49.4 Å². The molecule has 2 amide bonds. The molecule has 19 heavy (non-hydrogen) atoms. The molecular formula is C13H14F2N2O2. The Bertz CT molecular complexity index is 499. The Balaban J connectivity index is 2.17. The Kier molecular flexibility index (Phi) is 3.78. The number of nitrogens with one attached hydrogen (secondary N) is 1. The molecule has 1 fully saturated rings. The molecule has 1 aromatic carbocycles. The highest BCUT2D eigenvalue weighted by Gasteiger charge is 2.38. The predicted octanol–water partition coefficient (Wildman–Crippen LogP) is 1.91. The van der Waals surface area contributed by atoms with E-state index in [4.69, 9.17) is 0 Å². The Hall–Kier alpha value is -1.98. The maximum Gasteiger partial charge on any atom is 0.252 e. The Morgan fingerprint density at radius 1 is 1.32 bits per heavy atom. The summed E-state index contributed by atoms with van der Waals surface area (Å²) in [7, 11) is 0. The lowest BCUT2D eigenvalue weighted by molar-refractivity contribution is -0.138. The van der Waals surface area contributed by atoms with Gasteiger partial charge < -0.3 is 5.32 Å². The molecule has 1 saturated heterocycles. The van der Waals surface area contributed by atoms with Crippen LogP contribution in [0.5, 0.6) is 0 Å². The fourth-order valence-corrected chi connectivity index (χ4v) is 2.06. The fourth-order valence-electron chi connectivity index (χ4n) is 2.06. The highest BCUT2D eigenvalue weighted by Crippen LogP contribution is 2.23. The van der Waals surface area contributed by atoms with Crippen LogP contribution in [-0.4, -0.2) is 29.3 Å². The fraction of sp³-hybridized carbons (Fsp3) is 0.385. The van der Waals surface area contributed by atoms with Crippen molar-refractivity contribution in [2.75, 3.05) is 11.9 Å². The van der Waals surface area contributed by atoms with Crippen molar-refractivity contribution in [1.82, 2.24) is 4.90 Å². The van der Waals surface area contributed by atoms with Crippen LogP contribution in [0.1, 0.15) is 19.8 Å². The molecule has 1 atom stereocenters. The van der Waals surface area contributed by atoms with Crippen LogP contribution in [0, 0.1) is 11.6 Å². The summed E-state index contributed by atoms with van der Waals surface area (Å²) < 4.78 is 26.9. The van der Waals surface area contributed by atoms with E-state index >= 15 is 0 Å². The van der Waals surface area contributed by atoms with E-state index in [-0.39, 0.29) is 18.0 Å². The molecule has 6 heteroatoms. The van der Waals surface area contributed by atoms with E-state index < -0.39 is 23.6 Å². The summed E-state index contributed by atoms with van der Waals surface area (Å²) in [6.45, 7) is 2.17. The van der Waals surface area contributed by atoms with Crippen LogP contribution in [0.3, 0.4) is 0 Å². The minimum Gasteiger partial charge on any atom is -0.368 e. The van der Waals surface area contributed by atoms with Gasteiger partial charge in [0.05, 0.1) is 6.42 Å². The highest BCUT2D eigenvalue weighted by atomic mass is 19.1. The second-order valence-electron chi connectivity index (χ2n) is 4.38. The van der Waals surface area contributed by atoms with Crippen molar-refractivity contribution in [3.05, 3.63) is 29.8 Å². The average Bonchev–Trinajstić information content (AvgIpc) is 2.62. The van der Waals surface area contributed by atoms with Crippen LogP contribution in [0.4, 0.5) is 14.5 Å². The molecule has 0 aromatic heterocycles. The SMILES string of the molecule is CCCN1C(=O)CC(Nc2c(F)cccc2F)C1=O. The summed E-state index contributed by atoms with van der Waals surface area (Å²) in [6, 6.07) is 2.53. The molecule has 0 aliphatic carbocycles. The van der Waals surface area contributed by atoms with Gasteiger partial charge in [0.1, 0.15) is 23.4 Å². The lowest BCUT2D eigenvalue weighted by Gasteiger charge is -2.15. The van der Waals surface area contributed by atoms with Gasteiger partial charge in [-0.25, -0.2) is 8.78 Å². The minimum atomic E-state index is -0.898. The highest BCUT2D eigenvalue weighted by molar-refractivity contribution is 6.06. The van der Waals surface area contributed by atoms with E-state index in [1.54, 1.807) is 0 Å². The number of carbonyl (C=O) groups excluding carboxylic acids is 2. The third kappa shape index (κ3) is 2.57. The van der Waals surface area contributed by atoms with E-state index in [9.17, 15) is 18.4 Å². The van der Waals surface area contributed by atoms with Gasteiger partial charge in [0.15, 0.2) is 0 Å². The van der Waals surface area contributed by atoms with Gasteiger partial charge in [-0.2, -0.15) is 0 Å². The van der Waals surface area contributed by atoms with Crippen molar-refractivity contribution in [1.29, 1.82) is 0 Å². The average molecular weight is 268 g/mol. The number of likely N-dealkylation sites (tertiary alicyclic amines) is 1. The number of rotatable bonds is 4. The van der Waals surface area contributed by atoms with Crippen molar-refractivity contribution in [2.24, 2.45) is 0 Å². The summed E-state index contributed by atoms with van der Waals surface area (Å²) >= 11 is 0. The van der Waals surface area contributed by atoms with Crippen molar-refractivity contribution < 1.29 is 18.4 Å². The van der Waals surface area contributed by atoms with Crippen molar-refractivity contribution in [2.45, 2.75) is 25.8 Å². The first-order valence-corrected chi connectivity index (χ1v) is 6.09. The molecule has 0 spiro atoms. The monoisotopic (exact) mass is 268 g/mol. The summed E-state index contributed by atoms with van der Waals surface area (Å²) in [5.74, 6) is -2.32. The number of amides is 2. The number of para-hydroxylation sites is 1. The van der Waals surface area contributed by atoms with E-state index in [1.807, 2.05) is 6.92 Å². The summed E-state index contributed by atoms with van der Waals surface area (Å²) in [6.07, 6.45) is 0.574. The maximum absolute atomic E-state index is 13.5. The molecular weight excluding hydrogens is 254 g/mol. The van der Waals surface area contributed by atoms with Crippen molar-refractivity contribution >= 4 is 17.5 Å². The van der Waals surface area contributed by atoms with Crippen LogP contribution < -0.4 is 5.32 Å². The first-order valence-electron chi connectivity index (χ1n) is 6.09. The van der Waals surface area contributed by atoms with Gasteiger partial charge in [0.25, 0.3) is 5.91 Å². The number of imide groups is 1. The van der Waals surface area contributed by atoms with Gasteiger partial charge in [-0.15, -0.1) is 0 Å². The number of halogens is 2. The van der Waals surface area contributed by atoms with Gasteiger partial charge in [-0.05, 0) is 18.6 Å². The molecule has 1 aliphatic heterocycles. The number of nitrogens with zero attached hydrogens (tertiary/aromatic N) is 1. The number of benzene rings is 1. The van der Waals surface area contributed by atoms with E-state index in [1.165, 1.54) is 6.07 Å². The molecule has 1 heterocycles. The van der Waals surface area contributed by atoms with Crippen LogP contribution in [0.15, 0.2) is 18.2 Å². The first-order chi connectivity index (χ1) is 9.04. The van der Waals surface area contributed by atoms with E-state index in [2.05, 4.69) is 5.32 Å². The van der Waals surface area contributed by atoms with Gasteiger partial charge >= 0.3 is 0 Å². The largest absolute Gasteiger partial charge is 0.368 e. The third-order valence-electron chi connectivity index (χ3n) is 2.97. The lowest BCUT2D eigenvalue weighted by atomic mass is 10.2. The van der Waals surface area contributed by atoms with Crippen LogP contribution in [0.25, 0.3) is 0 Å². The number of hydrogen-bond donors (Lipinski definition) is 1. The zero-order valence-corrected chi connectivity index (χ0v) is 10.5.